The molecule has 1 aromatic heterocycles. The molecule has 0 amide bonds. The van der Waals surface area contributed by atoms with E-state index in [1.807, 2.05) is 13.8 Å². The van der Waals surface area contributed by atoms with Crippen LogP contribution in [0.2, 0.25) is 0 Å². The second-order valence-electron chi connectivity index (χ2n) is 5.05. The summed E-state index contributed by atoms with van der Waals surface area (Å²) in [6.45, 7) is 9.01. The molecule has 0 fully saturated rings. The molecule has 1 N–H and O–H groups in total. The Labute approximate surface area is 132 Å². The van der Waals surface area contributed by atoms with Crippen LogP contribution < -0.4 is 5.32 Å². The van der Waals surface area contributed by atoms with Crippen molar-refractivity contribution in [2.45, 2.75) is 33.7 Å². The van der Waals surface area contributed by atoms with Crippen molar-refractivity contribution in [2.75, 3.05) is 6.54 Å². The van der Waals surface area contributed by atoms with E-state index in [2.05, 4.69) is 41.2 Å². The summed E-state index contributed by atoms with van der Waals surface area (Å²) in [6.07, 6.45) is 0. The molecule has 0 radical (unpaired) electrons. The van der Waals surface area contributed by atoms with E-state index in [0.29, 0.717) is 0 Å². The zero-order chi connectivity index (χ0) is 14.9. The highest BCUT2D eigenvalue weighted by Gasteiger charge is 2.20. The van der Waals surface area contributed by atoms with E-state index in [1.54, 1.807) is 23.5 Å². The highest BCUT2D eigenvalue weighted by molar-refractivity contribution is 9.11. The number of nitrogens with one attached hydrogen (secondary N) is 1. The first-order valence-electron chi connectivity index (χ1n) is 6.69. The average Bonchev–Trinajstić information content (AvgIpc) is 2.67. The van der Waals surface area contributed by atoms with Gasteiger partial charge in [0.05, 0.1) is 9.83 Å². The molecule has 4 heteroatoms. The normalized spacial score (nSPS) is 12.7. The molecule has 1 heterocycles. The van der Waals surface area contributed by atoms with Crippen molar-refractivity contribution in [3.05, 3.63) is 54.9 Å². The molecule has 0 aliphatic rings. The minimum atomic E-state index is -0.164. The summed E-state index contributed by atoms with van der Waals surface area (Å²) < 4.78 is 14.7. The van der Waals surface area contributed by atoms with Gasteiger partial charge in [-0.15, -0.1) is 11.3 Å². The van der Waals surface area contributed by atoms with Crippen molar-refractivity contribution in [1.82, 2.24) is 5.32 Å². The summed E-state index contributed by atoms with van der Waals surface area (Å²) in [6, 6.07) is 5.55. The molecule has 0 saturated heterocycles. The van der Waals surface area contributed by atoms with Crippen molar-refractivity contribution in [3.8, 4) is 0 Å². The van der Waals surface area contributed by atoms with Crippen molar-refractivity contribution >= 4 is 27.3 Å². The number of hydrogen-bond acceptors (Lipinski definition) is 2. The van der Waals surface area contributed by atoms with E-state index < -0.39 is 0 Å². The first-order chi connectivity index (χ1) is 9.43. The van der Waals surface area contributed by atoms with E-state index in [9.17, 15) is 4.39 Å². The number of halogens is 2. The van der Waals surface area contributed by atoms with E-state index in [4.69, 9.17) is 0 Å². The van der Waals surface area contributed by atoms with Crippen LogP contribution in [-0.4, -0.2) is 6.54 Å². The summed E-state index contributed by atoms with van der Waals surface area (Å²) in [7, 11) is 0. The Bertz CT molecular complexity index is 578. The number of aryl methyl sites for hydroxylation is 3. The van der Waals surface area contributed by atoms with E-state index in [-0.39, 0.29) is 11.9 Å². The number of hydrogen-bond donors (Lipinski definition) is 1. The molecule has 0 aliphatic heterocycles. The zero-order valence-corrected chi connectivity index (χ0v) is 14.6. The minimum Gasteiger partial charge on any atom is -0.306 e. The zero-order valence-electron chi connectivity index (χ0n) is 12.2. The van der Waals surface area contributed by atoms with E-state index in [1.165, 1.54) is 16.0 Å². The largest absolute Gasteiger partial charge is 0.306 e. The summed E-state index contributed by atoms with van der Waals surface area (Å²) in [5, 5.41) is 3.52. The van der Waals surface area contributed by atoms with Gasteiger partial charge in [0.1, 0.15) is 5.82 Å². The third-order valence-electron chi connectivity index (χ3n) is 3.42. The molecule has 1 atom stereocenters. The first-order valence-corrected chi connectivity index (χ1v) is 8.30. The summed E-state index contributed by atoms with van der Waals surface area (Å²) in [4.78, 5) is 1.26. The molecule has 0 aliphatic carbocycles. The summed E-state index contributed by atoms with van der Waals surface area (Å²) in [5.74, 6) is -0.164. The molecule has 0 saturated carbocycles. The van der Waals surface area contributed by atoms with Gasteiger partial charge in [0.25, 0.3) is 0 Å². The van der Waals surface area contributed by atoms with Crippen LogP contribution >= 0.6 is 27.3 Å². The standard InChI is InChI=1S/C16H19BrFNS/c1-5-19-15(13-8-11(4)16(17)20-13)14-9(2)6-12(18)7-10(14)3/h6-8,15,19H,5H2,1-4H3. The Morgan fingerprint density at radius 2 is 1.75 bits per heavy atom. The third kappa shape index (κ3) is 3.13. The van der Waals surface area contributed by atoms with Crippen LogP contribution in [0.1, 0.15) is 40.1 Å². The SMILES string of the molecule is CCNC(c1cc(C)c(Br)s1)c1c(C)cc(F)cc1C. The highest BCUT2D eigenvalue weighted by atomic mass is 79.9. The fourth-order valence-corrected chi connectivity index (χ4v) is 4.21. The van der Waals surface area contributed by atoms with E-state index in [0.717, 1.165) is 21.5 Å². The van der Waals surface area contributed by atoms with Crippen LogP contribution in [0.4, 0.5) is 4.39 Å². The smallest absolute Gasteiger partial charge is 0.123 e. The van der Waals surface area contributed by atoms with Crippen molar-refractivity contribution in [3.63, 3.8) is 0 Å². The van der Waals surface area contributed by atoms with Crippen LogP contribution in [-0.2, 0) is 0 Å². The average molecular weight is 356 g/mol. The van der Waals surface area contributed by atoms with E-state index >= 15 is 0 Å². The lowest BCUT2D eigenvalue weighted by Crippen LogP contribution is -2.23. The Balaban J connectivity index is 2.54. The van der Waals surface area contributed by atoms with Crippen LogP contribution in [0.25, 0.3) is 0 Å². The van der Waals surface area contributed by atoms with Crippen LogP contribution in [0.15, 0.2) is 22.0 Å². The fraction of sp³-hybridized carbons (Fsp3) is 0.375. The van der Waals surface area contributed by atoms with Crippen LogP contribution in [0, 0.1) is 26.6 Å². The Morgan fingerprint density at radius 1 is 1.15 bits per heavy atom. The topological polar surface area (TPSA) is 12.0 Å². The molecular weight excluding hydrogens is 337 g/mol. The van der Waals surface area contributed by atoms with Gasteiger partial charge in [0.2, 0.25) is 0 Å². The van der Waals surface area contributed by atoms with Gasteiger partial charge in [-0.25, -0.2) is 4.39 Å². The first kappa shape index (κ1) is 15.7. The number of rotatable bonds is 4. The lowest BCUT2D eigenvalue weighted by Gasteiger charge is -2.21. The molecule has 0 bridgehead atoms. The second-order valence-corrected chi connectivity index (χ2v) is 7.45. The maximum atomic E-state index is 13.5. The molecular formula is C16H19BrFNS. The molecule has 0 spiro atoms. The fourth-order valence-electron chi connectivity index (χ4n) is 2.55. The maximum absolute atomic E-state index is 13.5. The molecule has 1 nitrogen and oxygen atoms in total. The quantitative estimate of drug-likeness (QED) is 0.787. The molecule has 1 unspecified atom stereocenters. The molecule has 2 aromatic rings. The summed E-state index contributed by atoms with van der Waals surface area (Å²) >= 11 is 5.33. The number of benzene rings is 1. The maximum Gasteiger partial charge on any atom is 0.123 e. The molecule has 1 aromatic carbocycles. The van der Waals surface area contributed by atoms with Crippen molar-refractivity contribution in [1.29, 1.82) is 0 Å². The van der Waals surface area contributed by atoms with Crippen LogP contribution in [0.5, 0.6) is 0 Å². The van der Waals surface area contributed by atoms with Gasteiger partial charge in [-0.2, -0.15) is 0 Å². The van der Waals surface area contributed by atoms with Gasteiger partial charge < -0.3 is 5.32 Å². The second kappa shape index (κ2) is 6.37. The molecule has 108 valence electrons. The van der Waals surface area contributed by atoms with Crippen LogP contribution in [0.3, 0.4) is 0 Å². The van der Waals surface area contributed by atoms with Gasteiger partial charge in [0.15, 0.2) is 0 Å². The van der Waals surface area contributed by atoms with Gasteiger partial charge in [-0.1, -0.05) is 6.92 Å². The monoisotopic (exact) mass is 355 g/mol. The molecule has 2 rings (SSSR count). The van der Waals surface area contributed by atoms with Gasteiger partial charge in [-0.3, -0.25) is 0 Å². The lowest BCUT2D eigenvalue weighted by atomic mass is 9.94. The Hall–Kier alpha value is -0.710. The predicted molar refractivity (Wildman–Crippen MR) is 88.1 cm³/mol. The minimum absolute atomic E-state index is 0.121. The Kier molecular flexibility index (Phi) is 4.99. The van der Waals surface area contributed by atoms with Gasteiger partial charge >= 0.3 is 0 Å². The summed E-state index contributed by atoms with van der Waals surface area (Å²) in [5.41, 5.74) is 4.42. The van der Waals surface area contributed by atoms with Crippen molar-refractivity contribution < 1.29 is 4.39 Å². The lowest BCUT2D eigenvalue weighted by molar-refractivity contribution is 0.610. The third-order valence-corrected chi connectivity index (χ3v) is 5.62. The predicted octanol–water partition coefficient (Wildman–Crippen LogP) is 5.27. The highest BCUT2D eigenvalue weighted by Crippen LogP contribution is 2.36. The van der Waals surface area contributed by atoms with Gasteiger partial charge in [0, 0.05) is 4.88 Å². The number of thiophene rings is 1. The molecule has 20 heavy (non-hydrogen) atoms. The Morgan fingerprint density at radius 3 is 2.20 bits per heavy atom. The van der Waals surface area contributed by atoms with Crippen molar-refractivity contribution in [2.24, 2.45) is 0 Å². The van der Waals surface area contributed by atoms with Gasteiger partial charge in [-0.05, 0) is 83.7 Å².